The summed E-state index contributed by atoms with van der Waals surface area (Å²) in [5.41, 5.74) is 1.04. The molecule has 0 saturated carbocycles. The van der Waals surface area contributed by atoms with Gasteiger partial charge in [0.2, 0.25) is 0 Å². The highest BCUT2D eigenvalue weighted by molar-refractivity contribution is 6.00. The van der Waals surface area contributed by atoms with E-state index in [1.54, 1.807) is 0 Å². The van der Waals surface area contributed by atoms with Crippen LogP contribution in [-0.2, 0) is 0 Å². The largest absolute Gasteiger partial charge is 0.478 e. The van der Waals surface area contributed by atoms with Gasteiger partial charge < -0.3 is 15.7 Å². The van der Waals surface area contributed by atoms with E-state index in [9.17, 15) is 14.0 Å². The van der Waals surface area contributed by atoms with Gasteiger partial charge in [-0.15, -0.1) is 0 Å². The molecule has 0 unspecified atom stereocenters. The molecule has 5 nitrogen and oxygen atoms in total. The number of benzene rings is 2. The molecular weight excluding hydrogens is 263 g/mol. The maximum absolute atomic E-state index is 12.7. The van der Waals surface area contributed by atoms with Crippen molar-refractivity contribution in [2.24, 2.45) is 0 Å². The number of rotatable bonds is 3. The zero-order valence-corrected chi connectivity index (χ0v) is 10.3. The summed E-state index contributed by atoms with van der Waals surface area (Å²) in [6.45, 7) is 0. The van der Waals surface area contributed by atoms with Crippen LogP contribution in [0.5, 0.6) is 0 Å². The van der Waals surface area contributed by atoms with Gasteiger partial charge in [-0.1, -0.05) is 0 Å². The van der Waals surface area contributed by atoms with E-state index >= 15 is 0 Å². The van der Waals surface area contributed by atoms with Crippen LogP contribution in [0.4, 0.5) is 20.6 Å². The highest BCUT2D eigenvalue weighted by atomic mass is 19.1. The van der Waals surface area contributed by atoms with Crippen LogP contribution in [0.15, 0.2) is 48.5 Å². The van der Waals surface area contributed by atoms with Crippen LogP contribution in [-0.4, -0.2) is 17.1 Å². The Kier molecular flexibility index (Phi) is 3.95. The van der Waals surface area contributed by atoms with E-state index in [0.29, 0.717) is 11.4 Å². The smallest absolute Gasteiger partial charge is 0.335 e. The highest BCUT2D eigenvalue weighted by Crippen LogP contribution is 2.12. The molecule has 6 heteroatoms. The minimum atomic E-state index is -1.03. The van der Waals surface area contributed by atoms with Crippen LogP contribution >= 0.6 is 0 Å². The van der Waals surface area contributed by atoms with Gasteiger partial charge >= 0.3 is 12.0 Å². The molecule has 0 saturated heterocycles. The third kappa shape index (κ3) is 3.55. The maximum Gasteiger partial charge on any atom is 0.335 e. The lowest BCUT2D eigenvalue weighted by Crippen LogP contribution is -2.19. The van der Waals surface area contributed by atoms with E-state index in [-0.39, 0.29) is 11.4 Å². The fourth-order valence-electron chi connectivity index (χ4n) is 1.52. The molecular formula is C14H11FN2O3. The first kappa shape index (κ1) is 13.5. The Bertz CT molecular complexity index is 624. The Morgan fingerprint density at radius 2 is 1.30 bits per heavy atom. The van der Waals surface area contributed by atoms with Crippen molar-refractivity contribution in [3.8, 4) is 0 Å². The van der Waals surface area contributed by atoms with E-state index < -0.39 is 12.0 Å². The molecule has 2 amide bonds. The minimum absolute atomic E-state index is 0.134. The first-order valence-electron chi connectivity index (χ1n) is 5.71. The summed E-state index contributed by atoms with van der Waals surface area (Å²) < 4.78 is 12.7. The van der Waals surface area contributed by atoms with Crippen LogP contribution in [0.2, 0.25) is 0 Å². The van der Waals surface area contributed by atoms with Gasteiger partial charge in [-0.2, -0.15) is 0 Å². The average molecular weight is 274 g/mol. The molecule has 2 aromatic carbocycles. The number of halogens is 1. The van der Waals surface area contributed by atoms with Crippen molar-refractivity contribution in [2.75, 3.05) is 10.6 Å². The lowest BCUT2D eigenvalue weighted by molar-refractivity contribution is 0.0697. The number of carboxylic acids is 1. The molecule has 2 aromatic rings. The molecule has 0 aromatic heterocycles. The SMILES string of the molecule is O=C(Nc1ccc(F)cc1)Nc1ccc(C(=O)O)cc1. The summed E-state index contributed by atoms with van der Waals surface area (Å²) in [5, 5.41) is 13.8. The van der Waals surface area contributed by atoms with E-state index in [0.717, 1.165) is 0 Å². The second kappa shape index (κ2) is 5.83. The van der Waals surface area contributed by atoms with Crippen LogP contribution in [0.25, 0.3) is 0 Å². The quantitative estimate of drug-likeness (QED) is 0.804. The maximum atomic E-state index is 12.7. The molecule has 0 aliphatic carbocycles. The molecule has 0 atom stereocenters. The monoisotopic (exact) mass is 274 g/mol. The van der Waals surface area contributed by atoms with Gasteiger partial charge in [-0.25, -0.2) is 14.0 Å². The lowest BCUT2D eigenvalue weighted by atomic mass is 10.2. The van der Waals surface area contributed by atoms with E-state index in [2.05, 4.69) is 10.6 Å². The molecule has 102 valence electrons. The summed E-state index contributed by atoms with van der Waals surface area (Å²) in [5.74, 6) is -1.42. The number of hydrogen-bond acceptors (Lipinski definition) is 2. The van der Waals surface area contributed by atoms with E-state index in [4.69, 9.17) is 5.11 Å². The molecule has 0 heterocycles. The van der Waals surface area contributed by atoms with Gasteiger partial charge in [0, 0.05) is 11.4 Å². The van der Waals surface area contributed by atoms with Crippen molar-refractivity contribution in [2.45, 2.75) is 0 Å². The zero-order chi connectivity index (χ0) is 14.5. The summed E-state index contributed by atoms with van der Waals surface area (Å²) in [7, 11) is 0. The van der Waals surface area contributed by atoms with Gasteiger partial charge in [-0.05, 0) is 48.5 Å². The predicted molar refractivity (Wildman–Crippen MR) is 72.4 cm³/mol. The molecule has 20 heavy (non-hydrogen) atoms. The van der Waals surface area contributed by atoms with Crippen molar-refractivity contribution in [1.82, 2.24) is 0 Å². The van der Waals surface area contributed by atoms with Gasteiger partial charge in [0.05, 0.1) is 5.56 Å². The molecule has 0 aliphatic heterocycles. The van der Waals surface area contributed by atoms with Crippen molar-refractivity contribution >= 4 is 23.4 Å². The van der Waals surface area contributed by atoms with Crippen molar-refractivity contribution < 1.29 is 19.1 Å². The standard InChI is InChI=1S/C14H11FN2O3/c15-10-3-7-12(8-4-10)17-14(20)16-11-5-1-9(2-6-11)13(18)19/h1-8H,(H,18,19)(H2,16,17,20). The average Bonchev–Trinajstić information content (AvgIpc) is 2.42. The Labute approximate surface area is 114 Å². The Morgan fingerprint density at radius 1 is 0.850 bits per heavy atom. The molecule has 0 radical (unpaired) electrons. The van der Waals surface area contributed by atoms with Gasteiger partial charge in [0.25, 0.3) is 0 Å². The van der Waals surface area contributed by atoms with Crippen molar-refractivity contribution in [1.29, 1.82) is 0 Å². The fourth-order valence-corrected chi connectivity index (χ4v) is 1.52. The van der Waals surface area contributed by atoms with Crippen LogP contribution < -0.4 is 10.6 Å². The molecule has 0 spiro atoms. The topological polar surface area (TPSA) is 78.4 Å². The summed E-state index contributed by atoms with van der Waals surface area (Å²) >= 11 is 0. The molecule has 0 aliphatic rings. The minimum Gasteiger partial charge on any atom is -0.478 e. The predicted octanol–water partition coefficient (Wildman–Crippen LogP) is 3.17. The normalized spacial score (nSPS) is 9.85. The third-order valence-electron chi connectivity index (χ3n) is 2.49. The van der Waals surface area contributed by atoms with Crippen molar-refractivity contribution in [3.05, 3.63) is 59.9 Å². The Morgan fingerprint density at radius 3 is 1.75 bits per heavy atom. The van der Waals surface area contributed by atoms with Crippen LogP contribution in [0, 0.1) is 5.82 Å². The number of hydrogen-bond donors (Lipinski definition) is 3. The molecule has 3 N–H and O–H groups in total. The molecule has 0 bridgehead atoms. The van der Waals surface area contributed by atoms with Gasteiger partial charge in [0.15, 0.2) is 0 Å². The van der Waals surface area contributed by atoms with Gasteiger partial charge in [-0.3, -0.25) is 0 Å². The first-order valence-corrected chi connectivity index (χ1v) is 5.71. The molecule has 0 fully saturated rings. The second-order valence-corrected chi connectivity index (χ2v) is 3.97. The molecule has 2 rings (SSSR count). The van der Waals surface area contributed by atoms with Crippen LogP contribution in [0.1, 0.15) is 10.4 Å². The Balaban J connectivity index is 1.97. The zero-order valence-electron chi connectivity index (χ0n) is 10.3. The summed E-state index contributed by atoms with van der Waals surface area (Å²) in [6.07, 6.45) is 0. The number of aromatic carboxylic acids is 1. The second-order valence-electron chi connectivity index (χ2n) is 3.97. The number of carboxylic acid groups (broad SMARTS) is 1. The summed E-state index contributed by atoms with van der Waals surface area (Å²) in [6, 6.07) is 10.6. The lowest BCUT2D eigenvalue weighted by Gasteiger charge is -2.07. The Hall–Kier alpha value is -2.89. The summed E-state index contributed by atoms with van der Waals surface area (Å²) in [4.78, 5) is 22.3. The van der Waals surface area contributed by atoms with Gasteiger partial charge in [0.1, 0.15) is 5.82 Å². The fraction of sp³-hybridized carbons (Fsp3) is 0. The third-order valence-corrected chi connectivity index (χ3v) is 2.49. The highest BCUT2D eigenvalue weighted by Gasteiger charge is 2.05. The number of amides is 2. The van der Waals surface area contributed by atoms with Crippen molar-refractivity contribution in [3.63, 3.8) is 0 Å². The van der Waals surface area contributed by atoms with Crippen LogP contribution in [0.3, 0.4) is 0 Å². The number of nitrogens with one attached hydrogen (secondary N) is 2. The number of carbonyl (C=O) groups is 2. The van der Waals surface area contributed by atoms with E-state index in [1.807, 2.05) is 0 Å². The van der Waals surface area contributed by atoms with E-state index in [1.165, 1.54) is 48.5 Å². The number of anilines is 2. The number of urea groups is 1. The first-order chi connectivity index (χ1) is 9.54. The number of carbonyl (C=O) groups excluding carboxylic acids is 1.